The number of carbonyl (C=O) groups is 2. The van der Waals surface area contributed by atoms with Gasteiger partial charge in [-0.3, -0.25) is 14.5 Å². The monoisotopic (exact) mass is 450 g/mol. The summed E-state index contributed by atoms with van der Waals surface area (Å²) in [4.78, 5) is 30.5. The third-order valence-electron chi connectivity index (χ3n) is 6.14. The van der Waals surface area contributed by atoms with Gasteiger partial charge in [0.1, 0.15) is 5.70 Å². The molecule has 2 aromatic rings. The van der Waals surface area contributed by atoms with Gasteiger partial charge in [-0.2, -0.15) is 0 Å². The van der Waals surface area contributed by atoms with Crippen LogP contribution in [0.15, 0.2) is 48.2 Å². The molecule has 0 N–H and O–H groups in total. The van der Waals surface area contributed by atoms with Crippen molar-refractivity contribution in [3.63, 3.8) is 0 Å². The predicted molar refractivity (Wildman–Crippen MR) is 125 cm³/mol. The average molecular weight is 451 g/mol. The van der Waals surface area contributed by atoms with E-state index in [0.29, 0.717) is 67.6 Å². The second kappa shape index (κ2) is 10.1. The smallest absolute Gasteiger partial charge is 0.277 e. The molecule has 0 saturated heterocycles. The van der Waals surface area contributed by atoms with Gasteiger partial charge in [0.25, 0.3) is 11.8 Å². The Hall–Kier alpha value is -3.32. The van der Waals surface area contributed by atoms with E-state index in [1.54, 1.807) is 26.4 Å². The van der Waals surface area contributed by atoms with Crippen molar-refractivity contribution in [2.45, 2.75) is 26.3 Å². The highest BCUT2D eigenvalue weighted by Gasteiger charge is 2.42. The van der Waals surface area contributed by atoms with Crippen molar-refractivity contribution in [1.82, 2.24) is 9.80 Å². The Labute approximate surface area is 194 Å². The van der Waals surface area contributed by atoms with Gasteiger partial charge in [-0.05, 0) is 48.6 Å². The van der Waals surface area contributed by atoms with Crippen LogP contribution in [0.25, 0.3) is 5.57 Å². The lowest BCUT2D eigenvalue weighted by Gasteiger charge is -2.31. The summed E-state index contributed by atoms with van der Waals surface area (Å²) in [7, 11) is 3.12. The standard InChI is InChI=1S/C26H30N2O5/c1-4-33-15-7-13-28-25(29)23(19-10-11-21(31-2)22(16-19)32-3)24(26(28)30)27-14-12-18-8-5-6-9-20(18)17-27/h5-6,8-11,16H,4,7,12-15,17H2,1-3H3. The number of methoxy groups -OCH3 is 2. The van der Waals surface area contributed by atoms with E-state index < -0.39 is 0 Å². The zero-order chi connectivity index (χ0) is 23.4. The van der Waals surface area contributed by atoms with Gasteiger partial charge >= 0.3 is 0 Å². The van der Waals surface area contributed by atoms with E-state index in [9.17, 15) is 9.59 Å². The number of amides is 2. The molecular formula is C26H30N2O5. The van der Waals surface area contributed by atoms with Gasteiger partial charge in [0.2, 0.25) is 0 Å². The lowest BCUT2D eigenvalue weighted by atomic mass is 9.97. The highest BCUT2D eigenvalue weighted by Crippen LogP contribution is 2.37. The first-order valence-corrected chi connectivity index (χ1v) is 11.3. The molecule has 2 aliphatic heterocycles. The van der Waals surface area contributed by atoms with E-state index in [1.165, 1.54) is 16.0 Å². The highest BCUT2D eigenvalue weighted by molar-refractivity contribution is 6.35. The Morgan fingerprint density at radius 3 is 2.42 bits per heavy atom. The molecule has 174 valence electrons. The average Bonchev–Trinajstić information content (AvgIpc) is 3.10. The number of benzene rings is 2. The van der Waals surface area contributed by atoms with Crippen LogP contribution in [-0.2, 0) is 27.3 Å². The summed E-state index contributed by atoms with van der Waals surface area (Å²) in [5, 5.41) is 0. The molecule has 0 spiro atoms. The van der Waals surface area contributed by atoms with Crippen LogP contribution in [0.1, 0.15) is 30.0 Å². The van der Waals surface area contributed by atoms with Gasteiger partial charge in [0.05, 0.1) is 19.8 Å². The molecule has 0 saturated carbocycles. The van der Waals surface area contributed by atoms with Crippen molar-refractivity contribution >= 4 is 17.4 Å². The van der Waals surface area contributed by atoms with Crippen LogP contribution < -0.4 is 9.47 Å². The van der Waals surface area contributed by atoms with Gasteiger partial charge in [0, 0.05) is 32.8 Å². The number of carbonyl (C=O) groups excluding carboxylic acids is 2. The maximum atomic E-state index is 13.6. The fraction of sp³-hybridized carbons (Fsp3) is 0.385. The molecule has 4 rings (SSSR count). The molecule has 2 heterocycles. The van der Waals surface area contributed by atoms with E-state index >= 15 is 0 Å². The zero-order valence-corrected chi connectivity index (χ0v) is 19.4. The van der Waals surface area contributed by atoms with Crippen molar-refractivity contribution in [1.29, 1.82) is 0 Å². The minimum absolute atomic E-state index is 0.249. The summed E-state index contributed by atoms with van der Waals surface area (Å²) < 4.78 is 16.2. The molecule has 2 aliphatic rings. The fourth-order valence-electron chi connectivity index (χ4n) is 4.47. The fourth-order valence-corrected chi connectivity index (χ4v) is 4.47. The molecule has 0 atom stereocenters. The second-order valence-electron chi connectivity index (χ2n) is 8.05. The summed E-state index contributed by atoms with van der Waals surface area (Å²) in [6.45, 7) is 4.63. The van der Waals surface area contributed by atoms with Crippen LogP contribution in [0.4, 0.5) is 0 Å². The van der Waals surface area contributed by atoms with Crippen LogP contribution in [-0.4, -0.2) is 62.1 Å². The normalized spacial score (nSPS) is 15.8. The summed E-state index contributed by atoms with van der Waals surface area (Å²) in [6, 6.07) is 13.6. The van der Waals surface area contributed by atoms with Gasteiger partial charge in [-0.1, -0.05) is 30.3 Å². The van der Waals surface area contributed by atoms with Gasteiger partial charge < -0.3 is 19.1 Å². The summed E-state index contributed by atoms with van der Waals surface area (Å²) in [6.07, 6.45) is 1.42. The molecule has 7 nitrogen and oxygen atoms in total. The van der Waals surface area contributed by atoms with Crippen LogP contribution in [0.5, 0.6) is 11.5 Å². The first-order valence-electron chi connectivity index (χ1n) is 11.3. The Balaban J connectivity index is 1.73. The Bertz CT molecular complexity index is 1080. The maximum Gasteiger partial charge on any atom is 0.277 e. The van der Waals surface area contributed by atoms with Crippen molar-refractivity contribution < 1.29 is 23.8 Å². The zero-order valence-electron chi connectivity index (χ0n) is 19.4. The third-order valence-corrected chi connectivity index (χ3v) is 6.14. The molecule has 0 aliphatic carbocycles. The minimum Gasteiger partial charge on any atom is -0.493 e. The number of nitrogens with zero attached hydrogens (tertiary/aromatic N) is 2. The molecule has 2 amide bonds. The lowest BCUT2D eigenvalue weighted by molar-refractivity contribution is -0.137. The van der Waals surface area contributed by atoms with Crippen LogP contribution >= 0.6 is 0 Å². The first-order chi connectivity index (χ1) is 16.1. The Kier molecular flexibility index (Phi) is 6.99. The molecule has 0 aromatic heterocycles. The molecule has 0 unspecified atom stereocenters. The van der Waals surface area contributed by atoms with Crippen molar-refractivity contribution in [3.8, 4) is 11.5 Å². The van der Waals surface area contributed by atoms with Crippen molar-refractivity contribution in [3.05, 3.63) is 64.9 Å². The van der Waals surface area contributed by atoms with E-state index in [2.05, 4.69) is 12.1 Å². The van der Waals surface area contributed by atoms with E-state index in [1.807, 2.05) is 30.0 Å². The highest BCUT2D eigenvalue weighted by atomic mass is 16.5. The number of rotatable bonds is 9. The number of ether oxygens (including phenoxy) is 3. The number of hydrogen-bond donors (Lipinski definition) is 0. The lowest BCUT2D eigenvalue weighted by Crippen LogP contribution is -2.38. The second-order valence-corrected chi connectivity index (χ2v) is 8.05. The quantitative estimate of drug-likeness (QED) is 0.432. The molecule has 7 heteroatoms. The molecular weight excluding hydrogens is 420 g/mol. The number of hydrogen-bond acceptors (Lipinski definition) is 6. The third kappa shape index (κ3) is 4.46. The Morgan fingerprint density at radius 2 is 1.70 bits per heavy atom. The number of fused-ring (bicyclic) bond motifs is 1. The topological polar surface area (TPSA) is 68.3 Å². The number of imide groups is 1. The molecule has 0 fully saturated rings. The van der Waals surface area contributed by atoms with Crippen LogP contribution in [0.2, 0.25) is 0 Å². The largest absolute Gasteiger partial charge is 0.493 e. The molecule has 0 bridgehead atoms. The summed E-state index contributed by atoms with van der Waals surface area (Å²) in [5.74, 6) is 0.555. The van der Waals surface area contributed by atoms with Crippen molar-refractivity contribution in [2.24, 2.45) is 0 Å². The van der Waals surface area contributed by atoms with E-state index in [0.717, 1.165) is 6.42 Å². The van der Waals surface area contributed by atoms with Gasteiger partial charge in [-0.25, -0.2) is 0 Å². The van der Waals surface area contributed by atoms with E-state index in [4.69, 9.17) is 14.2 Å². The van der Waals surface area contributed by atoms with Crippen LogP contribution in [0.3, 0.4) is 0 Å². The van der Waals surface area contributed by atoms with Crippen molar-refractivity contribution in [2.75, 3.05) is 40.5 Å². The molecule has 0 radical (unpaired) electrons. The predicted octanol–water partition coefficient (Wildman–Crippen LogP) is 3.27. The molecule has 2 aromatic carbocycles. The maximum absolute atomic E-state index is 13.6. The molecule has 33 heavy (non-hydrogen) atoms. The van der Waals surface area contributed by atoms with Gasteiger partial charge in [0.15, 0.2) is 11.5 Å². The minimum atomic E-state index is -0.280. The van der Waals surface area contributed by atoms with E-state index in [-0.39, 0.29) is 11.8 Å². The van der Waals surface area contributed by atoms with Crippen LogP contribution in [0, 0.1) is 0 Å². The summed E-state index contributed by atoms with van der Waals surface area (Å²) in [5.41, 5.74) is 3.98. The SMILES string of the molecule is CCOCCCN1C(=O)C(c2ccc(OC)c(OC)c2)=C(N2CCc3ccccc3C2)C1=O. The Morgan fingerprint density at radius 1 is 0.939 bits per heavy atom. The summed E-state index contributed by atoms with van der Waals surface area (Å²) >= 11 is 0. The van der Waals surface area contributed by atoms with Gasteiger partial charge in [-0.15, -0.1) is 0 Å². The first kappa shape index (κ1) is 22.9.